The molecule has 0 aromatic heterocycles. The predicted octanol–water partition coefficient (Wildman–Crippen LogP) is 5.59. The molecule has 2 fully saturated rings. The van der Waals surface area contributed by atoms with E-state index in [1.54, 1.807) is 3.58 Å². The van der Waals surface area contributed by atoms with E-state index in [0.717, 1.165) is 27.6 Å². The summed E-state index contributed by atoms with van der Waals surface area (Å²) in [5.74, 6) is 4.03. The number of alkyl halides is 1. The second-order valence-electron chi connectivity index (χ2n) is 6.86. The van der Waals surface area contributed by atoms with Gasteiger partial charge in [-0.2, -0.15) is 0 Å². The number of hydrogen-bond acceptors (Lipinski definition) is 0. The summed E-state index contributed by atoms with van der Waals surface area (Å²) in [6, 6.07) is 0. The quantitative estimate of drug-likeness (QED) is 0.330. The molecule has 0 nitrogen and oxygen atoms in total. The molecule has 0 aromatic rings. The van der Waals surface area contributed by atoms with Crippen LogP contribution in [0, 0.1) is 29.1 Å². The van der Waals surface area contributed by atoms with Gasteiger partial charge in [0, 0.05) is 3.92 Å². The van der Waals surface area contributed by atoms with Crippen LogP contribution >= 0.6 is 45.2 Å². The van der Waals surface area contributed by atoms with Crippen molar-refractivity contribution in [1.82, 2.24) is 0 Å². The molecule has 0 saturated heterocycles. The molecule has 2 saturated carbocycles. The third-order valence-corrected chi connectivity index (χ3v) is 7.86. The molecule has 3 aliphatic carbocycles. The largest absolute Gasteiger partial charge is 0.0826 e. The van der Waals surface area contributed by atoms with Crippen molar-refractivity contribution < 1.29 is 0 Å². The van der Waals surface area contributed by atoms with Crippen molar-refractivity contribution in [1.29, 1.82) is 0 Å². The molecule has 5 atom stereocenters. The summed E-state index contributed by atoms with van der Waals surface area (Å²) in [7, 11) is 0. The van der Waals surface area contributed by atoms with E-state index in [-0.39, 0.29) is 0 Å². The van der Waals surface area contributed by atoms with Crippen LogP contribution in [0.15, 0.2) is 9.66 Å². The van der Waals surface area contributed by atoms with Gasteiger partial charge in [0.25, 0.3) is 0 Å². The minimum atomic E-state index is 0.587. The van der Waals surface area contributed by atoms with Gasteiger partial charge in [-0.05, 0) is 87.4 Å². The van der Waals surface area contributed by atoms with Gasteiger partial charge in [-0.15, -0.1) is 0 Å². The van der Waals surface area contributed by atoms with E-state index in [4.69, 9.17) is 0 Å². The van der Waals surface area contributed by atoms with E-state index in [1.807, 2.05) is 0 Å². The Labute approximate surface area is 133 Å². The van der Waals surface area contributed by atoms with Gasteiger partial charge in [-0.1, -0.05) is 42.5 Å². The molecular formula is C15H22I2. The van der Waals surface area contributed by atoms with Crippen molar-refractivity contribution >= 4 is 45.2 Å². The maximum atomic E-state index is 2.69. The maximum Gasteiger partial charge on any atom is 0.0113 e. The Kier molecular flexibility index (Phi) is 3.60. The maximum absolute atomic E-state index is 2.69. The first-order valence-electron chi connectivity index (χ1n) is 6.98. The summed E-state index contributed by atoms with van der Waals surface area (Å²) < 4.78 is 2.57. The standard InChI is InChI=1S/C15H22I2/c1-15(2)13-7-9(16)3-5-11(13)12-6-4-10(17)8-14(12)15/h3,10-14H,4-8H2,1-2H3. The zero-order valence-corrected chi connectivity index (χ0v) is 15.1. The van der Waals surface area contributed by atoms with Gasteiger partial charge in [-0.3, -0.25) is 0 Å². The number of allylic oxidation sites excluding steroid dienone is 2. The Hall–Kier alpha value is 1.20. The summed E-state index contributed by atoms with van der Waals surface area (Å²) in [4.78, 5) is 0. The van der Waals surface area contributed by atoms with Gasteiger partial charge in [0.05, 0.1) is 0 Å². The number of hydrogen-bond donors (Lipinski definition) is 0. The Morgan fingerprint density at radius 1 is 1.18 bits per heavy atom. The second-order valence-corrected chi connectivity index (χ2v) is 10.0. The molecule has 0 N–H and O–H groups in total. The molecule has 0 heterocycles. The zero-order valence-electron chi connectivity index (χ0n) is 10.8. The summed E-state index contributed by atoms with van der Waals surface area (Å²) >= 11 is 5.26. The second kappa shape index (κ2) is 4.64. The van der Waals surface area contributed by atoms with E-state index in [9.17, 15) is 0 Å². The van der Waals surface area contributed by atoms with Gasteiger partial charge in [0.2, 0.25) is 0 Å². The van der Waals surface area contributed by atoms with Crippen molar-refractivity contribution in [2.45, 2.75) is 49.9 Å². The fourth-order valence-corrected chi connectivity index (χ4v) is 6.58. The third kappa shape index (κ3) is 2.13. The lowest BCUT2D eigenvalue weighted by molar-refractivity contribution is 0.140. The average Bonchev–Trinajstić information content (AvgIpc) is 2.49. The molecule has 3 aliphatic rings. The first kappa shape index (κ1) is 13.2. The molecule has 0 aliphatic heterocycles. The lowest BCUT2D eigenvalue weighted by Gasteiger charge is -2.38. The van der Waals surface area contributed by atoms with Crippen LogP contribution in [0.4, 0.5) is 0 Å². The predicted molar refractivity (Wildman–Crippen MR) is 90.7 cm³/mol. The molecule has 0 bridgehead atoms. The first-order chi connectivity index (χ1) is 8.00. The minimum absolute atomic E-state index is 0.587. The van der Waals surface area contributed by atoms with Crippen LogP contribution in [0.2, 0.25) is 0 Å². The van der Waals surface area contributed by atoms with Crippen molar-refractivity contribution in [2.75, 3.05) is 0 Å². The SMILES string of the molecule is CC1(C)C2CC(I)=CCC2C2CCC(I)CC21. The van der Waals surface area contributed by atoms with Crippen LogP contribution in [0.5, 0.6) is 0 Å². The van der Waals surface area contributed by atoms with E-state index >= 15 is 0 Å². The van der Waals surface area contributed by atoms with Crippen LogP contribution in [-0.4, -0.2) is 3.92 Å². The van der Waals surface area contributed by atoms with E-state index in [1.165, 1.54) is 32.1 Å². The third-order valence-electron chi connectivity index (χ3n) is 5.84. The fraction of sp³-hybridized carbons (Fsp3) is 0.867. The highest BCUT2D eigenvalue weighted by Crippen LogP contribution is 2.63. The summed E-state index contributed by atoms with van der Waals surface area (Å²) in [6.45, 7) is 5.14. The van der Waals surface area contributed by atoms with Gasteiger partial charge in [0.1, 0.15) is 0 Å². The van der Waals surface area contributed by atoms with Gasteiger partial charge < -0.3 is 0 Å². The van der Waals surface area contributed by atoms with Gasteiger partial charge in [-0.25, -0.2) is 0 Å². The topological polar surface area (TPSA) is 0 Å². The van der Waals surface area contributed by atoms with Crippen molar-refractivity contribution in [3.63, 3.8) is 0 Å². The molecule has 3 rings (SSSR count). The molecule has 0 aromatic carbocycles. The Morgan fingerprint density at radius 3 is 2.71 bits per heavy atom. The van der Waals surface area contributed by atoms with E-state index in [2.05, 4.69) is 65.1 Å². The minimum Gasteiger partial charge on any atom is -0.0826 e. The Morgan fingerprint density at radius 2 is 1.94 bits per heavy atom. The van der Waals surface area contributed by atoms with Crippen LogP contribution in [0.25, 0.3) is 0 Å². The van der Waals surface area contributed by atoms with Crippen LogP contribution in [0.1, 0.15) is 46.0 Å². The monoisotopic (exact) mass is 456 g/mol. The highest BCUT2D eigenvalue weighted by atomic mass is 127. The highest BCUT2D eigenvalue weighted by molar-refractivity contribution is 14.1. The van der Waals surface area contributed by atoms with Gasteiger partial charge in [0.15, 0.2) is 0 Å². The summed E-state index contributed by atoms with van der Waals surface area (Å²) in [5, 5.41) is 0. The molecule has 0 spiro atoms. The molecule has 0 amide bonds. The molecular weight excluding hydrogens is 434 g/mol. The number of fused-ring (bicyclic) bond motifs is 3. The van der Waals surface area contributed by atoms with Crippen LogP contribution < -0.4 is 0 Å². The van der Waals surface area contributed by atoms with E-state index in [0.29, 0.717) is 5.41 Å². The first-order valence-corrected chi connectivity index (χ1v) is 9.31. The molecule has 5 unspecified atom stereocenters. The van der Waals surface area contributed by atoms with Crippen molar-refractivity contribution in [3.05, 3.63) is 9.66 Å². The molecule has 0 radical (unpaired) electrons. The highest BCUT2D eigenvalue weighted by Gasteiger charge is 2.56. The molecule has 2 heteroatoms. The number of halogens is 2. The Bertz CT molecular complexity index is 345. The van der Waals surface area contributed by atoms with E-state index < -0.39 is 0 Å². The van der Waals surface area contributed by atoms with Crippen LogP contribution in [-0.2, 0) is 0 Å². The summed E-state index contributed by atoms with van der Waals surface area (Å²) in [5.41, 5.74) is 0.587. The van der Waals surface area contributed by atoms with Gasteiger partial charge >= 0.3 is 0 Å². The van der Waals surface area contributed by atoms with Crippen molar-refractivity contribution in [2.24, 2.45) is 29.1 Å². The number of rotatable bonds is 0. The average molecular weight is 456 g/mol. The Balaban J connectivity index is 1.91. The molecule has 17 heavy (non-hydrogen) atoms. The van der Waals surface area contributed by atoms with Crippen molar-refractivity contribution in [3.8, 4) is 0 Å². The lowest BCUT2D eigenvalue weighted by Crippen LogP contribution is -2.31. The molecule has 96 valence electrons. The smallest absolute Gasteiger partial charge is 0.0113 e. The fourth-order valence-electron chi connectivity index (χ4n) is 4.95. The normalized spacial score (nSPS) is 48.2. The summed E-state index contributed by atoms with van der Waals surface area (Å²) in [6.07, 6.45) is 9.74. The zero-order chi connectivity index (χ0) is 12.2. The lowest BCUT2D eigenvalue weighted by atomic mass is 9.69. The van der Waals surface area contributed by atoms with Crippen LogP contribution in [0.3, 0.4) is 0 Å².